The van der Waals surface area contributed by atoms with Crippen molar-refractivity contribution >= 4 is 44.5 Å². The summed E-state index contributed by atoms with van der Waals surface area (Å²) in [5.74, 6) is -0.0860. The van der Waals surface area contributed by atoms with Gasteiger partial charge in [0.05, 0.1) is 29.3 Å². The minimum Gasteiger partial charge on any atom is -0.379 e. The van der Waals surface area contributed by atoms with Gasteiger partial charge in [-0.1, -0.05) is 23.7 Å². The van der Waals surface area contributed by atoms with Crippen LogP contribution >= 0.6 is 11.6 Å². The molecule has 10 heteroatoms. The Morgan fingerprint density at radius 2 is 1.81 bits per heavy atom. The zero-order valence-corrected chi connectivity index (χ0v) is 19.7. The molecule has 4 rings (SSSR count). The van der Waals surface area contributed by atoms with E-state index in [0.717, 1.165) is 11.0 Å². The van der Waals surface area contributed by atoms with Crippen LogP contribution in [0.25, 0.3) is 11.0 Å². The summed E-state index contributed by atoms with van der Waals surface area (Å²) in [6, 6.07) is 11.9. The number of morpholine rings is 1. The Labute approximate surface area is 192 Å². The largest absolute Gasteiger partial charge is 0.379 e. The molecule has 1 aliphatic rings. The Hall–Kier alpha value is -2.46. The van der Waals surface area contributed by atoms with Crippen molar-refractivity contribution in [3.05, 3.63) is 53.1 Å². The Bertz CT molecular complexity index is 1270. The highest BCUT2D eigenvalue weighted by atomic mass is 35.5. The number of fused-ring (bicyclic) bond motifs is 1. The predicted octanol–water partition coefficient (Wildman–Crippen LogP) is 3.72. The number of nitrogens with zero attached hydrogens (tertiary/aromatic N) is 3. The fourth-order valence-corrected chi connectivity index (χ4v) is 5.64. The fraction of sp³-hybridized carbons (Fsp3) is 0.364. The molecule has 1 aliphatic heterocycles. The SMILES string of the molecule is CC(C)(C)n1c(NC(=O)c2ccc(Cl)c(S(=O)(=O)N3CCOCC3)c2)nc2ccccc21. The molecule has 0 bridgehead atoms. The summed E-state index contributed by atoms with van der Waals surface area (Å²) in [5, 5.41) is 2.91. The van der Waals surface area contributed by atoms with E-state index in [4.69, 9.17) is 16.3 Å². The van der Waals surface area contributed by atoms with Gasteiger partial charge in [0.1, 0.15) is 4.90 Å². The zero-order chi connectivity index (χ0) is 23.1. The average molecular weight is 477 g/mol. The number of aromatic nitrogens is 2. The van der Waals surface area contributed by atoms with Crippen LogP contribution in [-0.2, 0) is 20.3 Å². The summed E-state index contributed by atoms with van der Waals surface area (Å²) in [5.41, 5.74) is 1.48. The quantitative estimate of drug-likeness (QED) is 0.619. The van der Waals surface area contributed by atoms with Crippen molar-refractivity contribution in [1.82, 2.24) is 13.9 Å². The molecule has 2 aromatic carbocycles. The smallest absolute Gasteiger partial charge is 0.258 e. The second-order valence-corrected chi connectivity index (χ2v) is 10.9. The highest BCUT2D eigenvalue weighted by Crippen LogP contribution is 2.30. The van der Waals surface area contributed by atoms with E-state index in [1.165, 1.54) is 22.5 Å². The Kier molecular flexibility index (Phi) is 6.02. The number of amides is 1. The first-order chi connectivity index (χ1) is 15.1. The van der Waals surface area contributed by atoms with E-state index in [0.29, 0.717) is 19.2 Å². The number of carbonyl (C=O) groups is 1. The number of carbonyl (C=O) groups excluding carboxylic acids is 1. The molecule has 0 saturated carbocycles. The highest BCUT2D eigenvalue weighted by Gasteiger charge is 2.29. The summed E-state index contributed by atoms with van der Waals surface area (Å²) >= 11 is 6.22. The van der Waals surface area contributed by atoms with Crippen LogP contribution in [-0.4, -0.2) is 54.5 Å². The van der Waals surface area contributed by atoms with Gasteiger partial charge < -0.3 is 9.30 Å². The molecule has 2 heterocycles. The number of hydrogen-bond acceptors (Lipinski definition) is 5. The van der Waals surface area contributed by atoms with Crippen molar-refractivity contribution in [3.63, 3.8) is 0 Å². The monoisotopic (exact) mass is 476 g/mol. The second kappa shape index (κ2) is 8.47. The van der Waals surface area contributed by atoms with Gasteiger partial charge in [-0.15, -0.1) is 0 Å². The number of benzene rings is 2. The van der Waals surface area contributed by atoms with Crippen molar-refractivity contribution < 1.29 is 17.9 Å². The van der Waals surface area contributed by atoms with Gasteiger partial charge in [0, 0.05) is 24.2 Å². The summed E-state index contributed by atoms with van der Waals surface area (Å²) in [6.07, 6.45) is 0. The van der Waals surface area contributed by atoms with Crippen LogP contribution in [0.5, 0.6) is 0 Å². The Balaban J connectivity index is 1.69. The molecule has 1 saturated heterocycles. The molecule has 1 N–H and O–H groups in total. The summed E-state index contributed by atoms with van der Waals surface area (Å²) < 4.78 is 34.7. The van der Waals surface area contributed by atoms with Gasteiger partial charge in [-0.2, -0.15) is 4.31 Å². The molecular weight excluding hydrogens is 452 g/mol. The van der Waals surface area contributed by atoms with Gasteiger partial charge in [0.25, 0.3) is 5.91 Å². The number of imidazole rings is 1. The van der Waals surface area contributed by atoms with Gasteiger partial charge in [0.15, 0.2) is 0 Å². The highest BCUT2D eigenvalue weighted by molar-refractivity contribution is 7.89. The van der Waals surface area contributed by atoms with Crippen molar-refractivity contribution in [1.29, 1.82) is 0 Å². The minimum atomic E-state index is -3.85. The molecule has 3 aromatic rings. The van der Waals surface area contributed by atoms with Crippen LogP contribution in [0.15, 0.2) is 47.4 Å². The van der Waals surface area contributed by atoms with Crippen LogP contribution < -0.4 is 5.32 Å². The van der Waals surface area contributed by atoms with E-state index in [9.17, 15) is 13.2 Å². The maximum atomic E-state index is 13.1. The van der Waals surface area contributed by atoms with Gasteiger partial charge in [-0.05, 0) is 51.1 Å². The standard InChI is InChI=1S/C22H25ClN4O4S/c1-22(2,3)27-18-7-5-4-6-17(18)24-21(27)25-20(28)15-8-9-16(23)19(14-15)32(29,30)26-10-12-31-13-11-26/h4-9,14H,10-13H2,1-3H3,(H,24,25,28). The molecule has 0 aliphatic carbocycles. The molecular formula is C22H25ClN4O4S. The van der Waals surface area contributed by atoms with Gasteiger partial charge >= 0.3 is 0 Å². The van der Waals surface area contributed by atoms with Crippen LogP contribution in [0.2, 0.25) is 5.02 Å². The molecule has 0 spiro atoms. The second-order valence-electron chi connectivity index (χ2n) is 8.55. The van der Waals surface area contributed by atoms with Crippen LogP contribution in [0.3, 0.4) is 0 Å². The molecule has 0 unspecified atom stereocenters. The lowest BCUT2D eigenvalue weighted by Gasteiger charge is -2.26. The van der Waals surface area contributed by atoms with Gasteiger partial charge in [0.2, 0.25) is 16.0 Å². The molecule has 0 radical (unpaired) electrons. The van der Waals surface area contributed by atoms with Crippen molar-refractivity contribution in [2.75, 3.05) is 31.6 Å². The van der Waals surface area contributed by atoms with Crippen molar-refractivity contribution in [3.8, 4) is 0 Å². The maximum absolute atomic E-state index is 13.1. The number of anilines is 1. The number of rotatable bonds is 4. The van der Waals surface area contributed by atoms with Crippen LogP contribution in [0, 0.1) is 0 Å². The first kappa shape index (κ1) is 22.7. The third-order valence-corrected chi connectivity index (χ3v) is 7.62. The number of sulfonamides is 1. The van der Waals surface area contributed by atoms with Gasteiger partial charge in [-0.25, -0.2) is 13.4 Å². The minimum absolute atomic E-state index is 0.0648. The first-order valence-corrected chi connectivity index (χ1v) is 12.1. The molecule has 8 nitrogen and oxygen atoms in total. The van der Waals surface area contributed by atoms with E-state index >= 15 is 0 Å². The molecule has 1 amide bonds. The summed E-state index contributed by atoms with van der Waals surface area (Å²) in [7, 11) is -3.85. The number of nitrogens with one attached hydrogen (secondary N) is 1. The molecule has 1 aromatic heterocycles. The normalized spacial score (nSPS) is 15.8. The van der Waals surface area contributed by atoms with Gasteiger partial charge in [-0.3, -0.25) is 10.1 Å². The number of hydrogen-bond donors (Lipinski definition) is 1. The first-order valence-electron chi connectivity index (χ1n) is 10.3. The van der Waals surface area contributed by atoms with E-state index in [1.807, 2.05) is 49.6 Å². The number of para-hydroxylation sites is 2. The molecule has 170 valence electrons. The summed E-state index contributed by atoms with van der Waals surface area (Å²) in [4.78, 5) is 17.6. The lowest BCUT2D eigenvalue weighted by Crippen LogP contribution is -2.40. The Morgan fingerprint density at radius 1 is 1.12 bits per heavy atom. The van der Waals surface area contributed by atoms with E-state index < -0.39 is 15.9 Å². The topological polar surface area (TPSA) is 93.5 Å². The number of halogens is 1. The van der Waals surface area contributed by atoms with E-state index in [1.54, 1.807) is 0 Å². The average Bonchev–Trinajstić information content (AvgIpc) is 3.12. The lowest BCUT2D eigenvalue weighted by molar-refractivity contribution is 0.0730. The van der Waals surface area contributed by atoms with Crippen molar-refractivity contribution in [2.45, 2.75) is 31.2 Å². The third-order valence-electron chi connectivity index (χ3n) is 5.24. The molecule has 1 fully saturated rings. The van der Waals surface area contributed by atoms with E-state index in [-0.39, 0.29) is 34.1 Å². The third kappa shape index (κ3) is 4.25. The fourth-order valence-electron chi connectivity index (χ4n) is 3.73. The zero-order valence-electron chi connectivity index (χ0n) is 18.1. The van der Waals surface area contributed by atoms with Crippen LogP contribution in [0.1, 0.15) is 31.1 Å². The predicted molar refractivity (Wildman–Crippen MR) is 124 cm³/mol. The number of ether oxygens (including phenoxy) is 1. The molecule has 32 heavy (non-hydrogen) atoms. The van der Waals surface area contributed by atoms with Crippen molar-refractivity contribution in [2.24, 2.45) is 0 Å². The lowest BCUT2D eigenvalue weighted by atomic mass is 10.1. The molecule has 0 atom stereocenters. The van der Waals surface area contributed by atoms with Crippen LogP contribution in [0.4, 0.5) is 5.95 Å². The summed E-state index contributed by atoms with van der Waals surface area (Å²) in [6.45, 7) is 7.18. The van der Waals surface area contributed by atoms with E-state index in [2.05, 4.69) is 10.3 Å². The Morgan fingerprint density at radius 3 is 2.50 bits per heavy atom. The maximum Gasteiger partial charge on any atom is 0.258 e.